The van der Waals surface area contributed by atoms with Gasteiger partial charge in [0.1, 0.15) is 17.5 Å². The average molecular weight is 449 g/mol. The van der Waals surface area contributed by atoms with Crippen molar-refractivity contribution >= 4 is 11.7 Å². The van der Waals surface area contributed by atoms with E-state index < -0.39 is 0 Å². The Morgan fingerprint density at radius 3 is 2.36 bits per heavy atom. The number of rotatable bonds is 5. The lowest BCUT2D eigenvalue weighted by Crippen LogP contribution is -2.43. The first-order valence-corrected chi connectivity index (χ1v) is 12.7. The van der Waals surface area contributed by atoms with Crippen LogP contribution in [0.3, 0.4) is 0 Å². The van der Waals surface area contributed by atoms with Gasteiger partial charge in [0, 0.05) is 60.1 Å². The highest BCUT2D eigenvalue weighted by atomic mass is 16.2. The molecule has 5 rings (SSSR count). The zero-order valence-electron chi connectivity index (χ0n) is 20.3. The van der Waals surface area contributed by atoms with Crippen molar-refractivity contribution < 1.29 is 4.79 Å². The summed E-state index contributed by atoms with van der Waals surface area (Å²) in [5.41, 5.74) is 3.42. The van der Waals surface area contributed by atoms with Crippen molar-refractivity contribution in [3.63, 3.8) is 0 Å². The van der Waals surface area contributed by atoms with Crippen LogP contribution in [0.2, 0.25) is 0 Å². The number of amides is 1. The van der Waals surface area contributed by atoms with E-state index in [0.29, 0.717) is 24.3 Å². The Hall–Kier alpha value is -2.41. The van der Waals surface area contributed by atoms with Crippen molar-refractivity contribution in [1.82, 2.24) is 24.8 Å². The Morgan fingerprint density at radius 1 is 1.00 bits per heavy atom. The van der Waals surface area contributed by atoms with Crippen LogP contribution in [0.5, 0.6) is 0 Å². The van der Waals surface area contributed by atoms with E-state index in [1.807, 2.05) is 17.3 Å². The smallest absolute Gasteiger partial charge is 0.228 e. The lowest BCUT2D eigenvalue weighted by atomic mass is 9.94. The maximum Gasteiger partial charge on any atom is 0.228 e. The van der Waals surface area contributed by atoms with Crippen LogP contribution in [0, 0.1) is 6.92 Å². The zero-order valence-corrected chi connectivity index (χ0v) is 20.3. The largest absolute Gasteiger partial charge is 0.299 e. The molecule has 33 heavy (non-hydrogen) atoms. The number of carbonyl (C=O) groups excluding carboxylic acids is 1. The highest BCUT2D eigenvalue weighted by molar-refractivity contribution is 5.96. The lowest BCUT2D eigenvalue weighted by molar-refractivity contribution is -0.119. The summed E-state index contributed by atoms with van der Waals surface area (Å²) < 4.78 is 0. The Labute approximate surface area is 197 Å². The molecule has 2 fully saturated rings. The van der Waals surface area contributed by atoms with Crippen LogP contribution < -0.4 is 4.90 Å². The minimum absolute atomic E-state index is 0.249. The SMILES string of the molecule is Cc1nc(C2CCN(Cc3cnc(C(C)C)nc3)CC2)nc2c1CCC(=O)N2C1CCCC1. The van der Waals surface area contributed by atoms with Gasteiger partial charge in [-0.3, -0.25) is 14.6 Å². The van der Waals surface area contributed by atoms with Gasteiger partial charge in [-0.1, -0.05) is 26.7 Å². The summed E-state index contributed by atoms with van der Waals surface area (Å²) in [5, 5.41) is 0. The van der Waals surface area contributed by atoms with Crippen LogP contribution in [0.25, 0.3) is 0 Å². The maximum atomic E-state index is 12.9. The summed E-state index contributed by atoms with van der Waals surface area (Å²) in [7, 11) is 0. The average Bonchev–Trinajstić information content (AvgIpc) is 3.34. The second-order valence-corrected chi connectivity index (χ2v) is 10.3. The number of aryl methyl sites for hydroxylation is 1. The number of carbonyl (C=O) groups is 1. The van der Waals surface area contributed by atoms with E-state index in [-0.39, 0.29) is 5.91 Å². The van der Waals surface area contributed by atoms with Crippen LogP contribution in [-0.4, -0.2) is 49.9 Å². The van der Waals surface area contributed by atoms with Gasteiger partial charge >= 0.3 is 0 Å². The van der Waals surface area contributed by atoms with Crippen molar-refractivity contribution in [2.75, 3.05) is 18.0 Å². The second kappa shape index (κ2) is 9.45. The topological polar surface area (TPSA) is 75.1 Å². The van der Waals surface area contributed by atoms with E-state index in [1.165, 1.54) is 24.0 Å². The predicted molar refractivity (Wildman–Crippen MR) is 128 cm³/mol. The molecular weight excluding hydrogens is 412 g/mol. The minimum atomic E-state index is 0.249. The highest BCUT2D eigenvalue weighted by Crippen LogP contribution is 2.36. The van der Waals surface area contributed by atoms with E-state index >= 15 is 0 Å². The Morgan fingerprint density at radius 2 is 1.70 bits per heavy atom. The molecule has 2 aliphatic heterocycles. The fourth-order valence-corrected chi connectivity index (χ4v) is 5.64. The number of hydrogen-bond acceptors (Lipinski definition) is 6. The molecule has 0 spiro atoms. The third-order valence-corrected chi connectivity index (χ3v) is 7.59. The Kier molecular flexibility index (Phi) is 6.41. The Balaban J connectivity index is 1.28. The van der Waals surface area contributed by atoms with Gasteiger partial charge < -0.3 is 0 Å². The maximum absolute atomic E-state index is 12.9. The molecule has 0 unspecified atom stereocenters. The van der Waals surface area contributed by atoms with Gasteiger partial charge in [0.05, 0.1) is 0 Å². The van der Waals surface area contributed by atoms with Crippen LogP contribution in [-0.2, 0) is 17.8 Å². The van der Waals surface area contributed by atoms with Gasteiger partial charge in [0.25, 0.3) is 0 Å². The van der Waals surface area contributed by atoms with Gasteiger partial charge in [-0.25, -0.2) is 19.9 Å². The van der Waals surface area contributed by atoms with Crippen molar-refractivity contribution in [2.24, 2.45) is 0 Å². The van der Waals surface area contributed by atoms with Crippen molar-refractivity contribution in [3.8, 4) is 0 Å². The molecule has 1 aliphatic carbocycles. The summed E-state index contributed by atoms with van der Waals surface area (Å²) in [6.45, 7) is 9.25. The number of aromatic nitrogens is 4. The predicted octanol–water partition coefficient (Wildman–Crippen LogP) is 4.30. The summed E-state index contributed by atoms with van der Waals surface area (Å²) >= 11 is 0. The van der Waals surface area contributed by atoms with Crippen molar-refractivity contribution in [3.05, 3.63) is 40.9 Å². The lowest BCUT2D eigenvalue weighted by Gasteiger charge is -2.35. The summed E-state index contributed by atoms with van der Waals surface area (Å²) in [6, 6.07) is 0.324. The first kappa shape index (κ1) is 22.4. The molecule has 0 bridgehead atoms. The first-order chi connectivity index (χ1) is 16.0. The first-order valence-electron chi connectivity index (χ1n) is 12.7. The number of hydrogen-bond donors (Lipinski definition) is 0. The molecule has 2 aromatic rings. The van der Waals surface area contributed by atoms with Gasteiger partial charge in [-0.2, -0.15) is 0 Å². The van der Waals surface area contributed by atoms with E-state index in [2.05, 4.69) is 35.6 Å². The molecule has 7 nitrogen and oxygen atoms in total. The van der Waals surface area contributed by atoms with Crippen LogP contribution >= 0.6 is 0 Å². The molecule has 1 saturated carbocycles. The van der Waals surface area contributed by atoms with Gasteiger partial charge in [0.15, 0.2) is 0 Å². The van der Waals surface area contributed by atoms with Gasteiger partial charge in [-0.15, -0.1) is 0 Å². The summed E-state index contributed by atoms with van der Waals surface area (Å²) in [6.07, 6.45) is 12.0. The molecule has 0 atom stereocenters. The zero-order chi connectivity index (χ0) is 22.9. The van der Waals surface area contributed by atoms with E-state index in [4.69, 9.17) is 9.97 Å². The Bertz CT molecular complexity index is 991. The molecule has 176 valence electrons. The van der Waals surface area contributed by atoms with Crippen molar-refractivity contribution in [1.29, 1.82) is 0 Å². The third kappa shape index (κ3) is 4.65. The van der Waals surface area contributed by atoms with Crippen LogP contribution in [0.1, 0.15) is 99.1 Å². The summed E-state index contributed by atoms with van der Waals surface area (Å²) in [4.78, 5) is 36.4. The quantitative estimate of drug-likeness (QED) is 0.679. The number of nitrogens with zero attached hydrogens (tertiary/aromatic N) is 6. The van der Waals surface area contributed by atoms with E-state index in [0.717, 1.165) is 74.9 Å². The van der Waals surface area contributed by atoms with Gasteiger partial charge in [0.2, 0.25) is 5.91 Å². The number of anilines is 1. The molecular formula is C26H36N6O. The normalized spacial score (nSPS) is 20.6. The fraction of sp³-hybridized carbons (Fsp3) is 0.654. The van der Waals surface area contributed by atoms with Crippen LogP contribution in [0.4, 0.5) is 5.82 Å². The fourth-order valence-electron chi connectivity index (χ4n) is 5.64. The highest BCUT2D eigenvalue weighted by Gasteiger charge is 2.35. The number of likely N-dealkylation sites (tertiary alicyclic amines) is 1. The second-order valence-electron chi connectivity index (χ2n) is 10.3. The number of fused-ring (bicyclic) bond motifs is 1. The molecule has 1 saturated heterocycles. The summed E-state index contributed by atoms with van der Waals surface area (Å²) in [5.74, 6) is 3.72. The molecule has 4 heterocycles. The third-order valence-electron chi connectivity index (χ3n) is 7.59. The molecule has 0 N–H and O–H groups in total. The minimum Gasteiger partial charge on any atom is -0.299 e. The van der Waals surface area contributed by atoms with Gasteiger partial charge in [-0.05, 0) is 52.1 Å². The molecule has 7 heteroatoms. The molecule has 3 aliphatic rings. The van der Waals surface area contributed by atoms with Crippen LogP contribution in [0.15, 0.2) is 12.4 Å². The van der Waals surface area contributed by atoms with E-state index in [1.54, 1.807) is 0 Å². The molecule has 0 radical (unpaired) electrons. The van der Waals surface area contributed by atoms with E-state index in [9.17, 15) is 4.79 Å². The molecule has 0 aromatic carbocycles. The molecule has 1 amide bonds. The number of piperidine rings is 1. The monoisotopic (exact) mass is 448 g/mol. The standard InChI is InChI=1S/C26H36N6O/c1-17(2)24-27-14-19(15-28-24)16-31-12-10-20(11-13-31)25-29-18(3)22-8-9-23(33)32(26(22)30-25)21-6-4-5-7-21/h14-15,17,20-21H,4-13,16H2,1-3H3. The molecule has 2 aromatic heterocycles. The van der Waals surface area contributed by atoms with Crippen molar-refractivity contribution in [2.45, 2.75) is 96.6 Å².